The van der Waals surface area contributed by atoms with E-state index in [2.05, 4.69) is 30.9 Å². The molecule has 0 saturated carbocycles. The molecule has 0 spiro atoms. The minimum absolute atomic E-state index is 0.670. The molecule has 1 atom stereocenters. The van der Waals surface area contributed by atoms with Crippen molar-refractivity contribution in [2.75, 3.05) is 12.3 Å². The Balaban J connectivity index is 1.94. The number of nitrogen functional groups attached to an aromatic ring is 1. The van der Waals surface area contributed by atoms with Gasteiger partial charge in [-0.3, -0.25) is 4.90 Å². The van der Waals surface area contributed by atoms with E-state index in [1.54, 1.807) is 0 Å². The van der Waals surface area contributed by atoms with E-state index in [1.807, 2.05) is 12.1 Å². The molecule has 1 aromatic rings. The van der Waals surface area contributed by atoms with Crippen molar-refractivity contribution < 1.29 is 0 Å². The molecule has 100 valence electrons. The highest BCUT2D eigenvalue weighted by Gasteiger charge is 2.24. The lowest BCUT2D eigenvalue weighted by Gasteiger charge is -2.38. The van der Waals surface area contributed by atoms with Gasteiger partial charge in [-0.05, 0) is 57.7 Å². The molecule has 1 aliphatic heterocycles. The number of aryl methyl sites for hydroxylation is 1. The van der Waals surface area contributed by atoms with Crippen LogP contribution in [-0.4, -0.2) is 23.5 Å². The summed E-state index contributed by atoms with van der Waals surface area (Å²) in [4.78, 5) is 2.67. The highest BCUT2D eigenvalue weighted by atomic mass is 15.2. The maximum Gasteiger partial charge on any atom is 0.0346 e. The molecular weight excluding hydrogens is 220 g/mol. The van der Waals surface area contributed by atoms with Crippen molar-refractivity contribution in [2.24, 2.45) is 0 Å². The molecule has 18 heavy (non-hydrogen) atoms. The van der Waals surface area contributed by atoms with Crippen molar-refractivity contribution in [2.45, 2.75) is 58.0 Å². The van der Waals surface area contributed by atoms with Crippen LogP contribution in [0.1, 0.15) is 45.1 Å². The molecule has 0 aliphatic carbocycles. The van der Waals surface area contributed by atoms with Crippen LogP contribution in [0.25, 0.3) is 0 Å². The van der Waals surface area contributed by atoms with Crippen LogP contribution in [0.2, 0.25) is 0 Å². The number of rotatable bonds is 4. The first-order chi connectivity index (χ1) is 8.68. The number of hydrogen-bond acceptors (Lipinski definition) is 2. The molecule has 1 aromatic carbocycles. The van der Waals surface area contributed by atoms with Gasteiger partial charge in [0.05, 0.1) is 0 Å². The van der Waals surface area contributed by atoms with Gasteiger partial charge in [0, 0.05) is 17.8 Å². The number of hydrogen-bond donors (Lipinski definition) is 1. The van der Waals surface area contributed by atoms with E-state index in [4.69, 9.17) is 5.73 Å². The van der Waals surface area contributed by atoms with Gasteiger partial charge in [-0.2, -0.15) is 0 Å². The van der Waals surface area contributed by atoms with Crippen LogP contribution < -0.4 is 5.73 Å². The van der Waals surface area contributed by atoms with Gasteiger partial charge >= 0.3 is 0 Å². The Hall–Kier alpha value is -1.02. The predicted octanol–water partition coefficient (Wildman–Crippen LogP) is 3.46. The van der Waals surface area contributed by atoms with Crippen LogP contribution in [0.4, 0.5) is 5.69 Å². The minimum Gasteiger partial charge on any atom is -0.399 e. The fourth-order valence-electron chi connectivity index (χ4n) is 3.10. The van der Waals surface area contributed by atoms with Crippen molar-refractivity contribution in [3.63, 3.8) is 0 Å². The third kappa shape index (κ3) is 3.26. The van der Waals surface area contributed by atoms with Gasteiger partial charge in [0.25, 0.3) is 0 Å². The van der Waals surface area contributed by atoms with Crippen LogP contribution in [0.3, 0.4) is 0 Å². The van der Waals surface area contributed by atoms with Crippen molar-refractivity contribution >= 4 is 5.69 Å². The van der Waals surface area contributed by atoms with Crippen LogP contribution in [0.5, 0.6) is 0 Å². The molecule has 2 nitrogen and oxygen atoms in total. The molecule has 1 saturated heterocycles. The lowest BCUT2D eigenvalue weighted by molar-refractivity contribution is 0.106. The van der Waals surface area contributed by atoms with E-state index in [1.165, 1.54) is 37.8 Å². The van der Waals surface area contributed by atoms with Crippen molar-refractivity contribution in [3.05, 3.63) is 29.8 Å². The molecule has 1 fully saturated rings. The van der Waals surface area contributed by atoms with E-state index < -0.39 is 0 Å². The number of nitrogens with two attached hydrogens (primary N) is 1. The Bertz CT molecular complexity index is 373. The number of nitrogens with zero attached hydrogens (tertiary/aromatic N) is 1. The quantitative estimate of drug-likeness (QED) is 0.824. The largest absolute Gasteiger partial charge is 0.399 e. The Kier molecular flexibility index (Phi) is 4.65. The number of para-hydroxylation sites is 1. The molecule has 0 bridgehead atoms. The third-order valence-corrected chi connectivity index (χ3v) is 4.14. The molecule has 1 heterocycles. The van der Waals surface area contributed by atoms with Crippen LogP contribution in [0, 0.1) is 0 Å². The zero-order valence-corrected chi connectivity index (χ0v) is 11.7. The summed E-state index contributed by atoms with van der Waals surface area (Å²) < 4.78 is 0. The van der Waals surface area contributed by atoms with Gasteiger partial charge < -0.3 is 5.73 Å². The van der Waals surface area contributed by atoms with Gasteiger partial charge in [-0.25, -0.2) is 0 Å². The second-order valence-electron chi connectivity index (χ2n) is 5.72. The van der Waals surface area contributed by atoms with Gasteiger partial charge in [-0.1, -0.05) is 24.6 Å². The third-order valence-electron chi connectivity index (χ3n) is 4.14. The minimum atomic E-state index is 0.670. The van der Waals surface area contributed by atoms with E-state index in [-0.39, 0.29) is 0 Å². The first kappa shape index (κ1) is 13.4. The lowest BCUT2D eigenvalue weighted by Crippen LogP contribution is -2.44. The average molecular weight is 246 g/mol. The Morgan fingerprint density at radius 2 is 2.06 bits per heavy atom. The Morgan fingerprint density at radius 1 is 1.28 bits per heavy atom. The van der Waals surface area contributed by atoms with Crippen molar-refractivity contribution in [1.82, 2.24) is 4.90 Å². The first-order valence-corrected chi connectivity index (χ1v) is 7.27. The molecule has 1 aliphatic rings. The molecule has 2 N–H and O–H groups in total. The topological polar surface area (TPSA) is 29.3 Å². The van der Waals surface area contributed by atoms with E-state index >= 15 is 0 Å². The second-order valence-corrected chi connectivity index (χ2v) is 5.72. The van der Waals surface area contributed by atoms with Crippen molar-refractivity contribution in [3.8, 4) is 0 Å². The maximum atomic E-state index is 6.02. The summed E-state index contributed by atoms with van der Waals surface area (Å²) >= 11 is 0. The van der Waals surface area contributed by atoms with E-state index in [0.29, 0.717) is 6.04 Å². The Morgan fingerprint density at radius 3 is 2.78 bits per heavy atom. The summed E-state index contributed by atoms with van der Waals surface area (Å²) in [6.07, 6.45) is 6.46. The summed E-state index contributed by atoms with van der Waals surface area (Å²) in [6, 6.07) is 9.70. The molecule has 2 heteroatoms. The van der Waals surface area contributed by atoms with Crippen molar-refractivity contribution in [1.29, 1.82) is 0 Å². The first-order valence-electron chi connectivity index (χ1n) is 7.27. The SMILES string of the molecule is CC(C)N1CCCCC1CCc1ccccc1N. The summed E-state index contributed by atoms with van der Waals surface area (Å²) in [5.41, 5.74) is 8.28. The van der Waals surface area contributed by atoms with Crippen LogP contribution >= 0.6 is 0 Å². The molecule has 0 aromatic heterocycles. The highest BCUT2D eigenvalue weighted by Crippen LogP contribution is 2.24. The molecular formula is C16H26N2. The zero-order chi connectivity index (χ0) is 13.0. The zero-order valence-electron chi connectivity index (χ0n) is 11.7. The fraction of sp³-hybridized carbons (Fsp3) is 0.625. The van der Waals surface area contributed by atoms with E-state index in [0.717, 1.165) is 18.2 Å². The number of anilines is 1. The number of piperidine rings is 1. The Labute approximate surface area is 111 Å². The fourth-order valence-corrected chi connectivity index (χ4v) is 3.10. The maximum absolute atomic E-state index is 6.02. The van der Waals surface area contributed by atoms with Crippen LogP contribution in [0.15, 0.2) is 24.3 Å². The second kappa shape index (κ2) is 6.24. The number of benzene rings is 1. The van der Waals surface area contributed by atoms with Gasteiger partial charge in [-0.15, -0.1) is 0 Å². The van der Waals surface area contributed by atoms with Crippen LogP contribution in [-0.2, 0) is 6.42 Å². The molecule has 2 rings (SSSR count). The summed E-state index contributed by atoms with van der Waals surface area (Å²) in [5.74, 6) is 0. The van der Waals surface area contributed by atoms with Gasteiger partial charge in [0.2, 0.25) is 0 Å². The summed E-state index contributed by atoms with van der Waals surface area (Å²) in [5, 5.41) is 0. The molecule has 0 amide bonds. The average Bonchev–Trinajstić information content (AvgIpc) is 2.38. The summed E-state index contributed by atoms with van der Waals surface area (Å²) in [6.45, 7) is 5.90. The monoisotopic (exact) mass is 246 g/mol. The highest BCUT2D eigenvalue weighted by molar-refractivity contribution is 5.46. The predicted molar refractivity (Wildman–Crippen MR) is 78.7 cm³/mol. The van der Waals surface area contributed by atoms with Gasteiger partial charge in [0.15, 0.2) is 0 Å². The standard InChI is InChI=1S/C16H26N2/c1-13(2)18-12-6-5-8-15(18)11-10-14-7-3-4-9-16(14)17/h3-4,7,9,13,15H,5-6,8,10-12,17H2,1-2H3. The van der Waals surface area contributed by atoms with E-state index in [9.17, 15) is 0 Å². The smallest absolute Gasteiger partial charge is 0.0346 e. The molecule has 0 radical (unpaired) electrons. The summed E-state index contributed by atoms with van der Waals surface area (Å²) in [7, 11) is 0. The van der Waals surface area contributed by atoms with Gasteiger partial charge in [0.1, 0.15) is 0 Å². The molecule has 1 unspecified atom stereocenters. The lowest BCUT2D eigenvalue weighted by atomic mass is 9.94. The normalized spacial score (nSPS) is 21.4. The number of likely N-dealkylation sites (tertiary alicyclic amines) is 1.